The third kappa shape index (κ3) is 4.23. The maximum Gasteiger partial charge on any atom is 0.132 e. The summed E-state index contributed by atoms with van der Waals surface area (Å²) in [6, 6.07) is 25.6. The summed E-state index contributed by atoms with van der Waals surface area (Å²) in [5, 5.41) is 0. The summed E-state index contributed by atoms with van der Waals surface area (Å²) in [5.74, 6) is 1.51. The number of ether oxygens (including phenoxy) is 2. The molecule has 0 spiro atoms. The van der Waals surface area contributed by atoms with Crippen LogP contribution in [0.1, 0.15) is 11.1 Å². The highest BCUT2D eigenvalue weighted by atomic mass is 16.5. The zero-order chi connectivity index (χ0) is 16.6. The Morgan fingerprint density at radius 3 is 2.29 bits per heavy atom. The van der Waals surface area contributed by atoms with Crippen LogP contribution in [0, 0.1) is 0 Å². The number of methoxy groups -OCH3 is 1. The molecule has 3 rings (SSSR count). The Morgan fingerprint density at radius 1 is 0.875 bits per heavy atom. The molecular formula is C21H19NO2. The van der Waals surface area contributed by atoms with Crippen LogP contribution < -0.4 is 9.47 Å². The summed E-state index contributed by atoms with van der Waals surface area (Å²) in [6.07, 6.45) is 1.81. The second kappa shape index (κ2) is 7.97. The third-order valence-electron chi connectivity index (χ3n) is 3.57. The predicted molar refractivity (Wildman–Crippen MR) is 97.5 cm³/mol. The number of para-hydroxylation sites is 1. The SMILES string of the molecule is COc1ccc(C=Nc2ccccc2)c(OCc2ccccc2)c1. The van der Waals surface area contributed by atoms with Crippen LogP contribution in [0.5, 0.6) is 11.5 Å². The highest BCUT2D eigenvalue weighted by Gasteiger charge is 2.05. The Hall–Kier alpha value is -3.07. The molecule has 0 aliphatic rings. The Bertz CT molecular complexity index is 799. The summed E-state index contributed by atoms with van der Waals surface area (Å²) in [4.78, 5) is 4.50. The van der Waals surface area contributed by atoms with Crippen LogP contribution in [-0.4, -0.2) is 13.3 Å². The van der Waals surface area contributed by atoms with Gasteiger partial charge < -0.3 is 9.47 Å². The number of aliphatic imine (C=N–C) groups is 1. The number of hydrogen-bond donors (Lipinski definition) is 0. The van der Waals surface area contributed by atoms with E-state index in [9.17, 15) is 0 Å². The molecule has 0 aliphatic heterocycles. The minimum atomic E-state index is 0.500. The average molecular weight is 317 g/mol. The molecule has 0 amide bonds. The van der Waals surface area contributed by atoms with Crippen molar-refractivity contribution in [3.63, 3.8) is 0 Å². The normalized spacial score (nSPS) is 10.7. The lowest BCUT2D eigenvalue weighted by atomic mass is 10.2. The standard InChI is InChI=1S/C21H19NO2/c1-23-20-13-12-18(15-22-19-10-6-3-7-11-19)21(14-20)24-16-17-8-4-2-5-9-17/h2-15H,16H2,1H3. The van der Waals surface area contributed by atoms with Crippen molar-refractivity contribution in [2.24, 2.45) is 4.99 Å². The summed E-state index contributed by atoms with van der Waals surface area (Å²) < 4.78 is 11.3. The third-order valence-corrected chi connectivity index (χ3v) is 3.57. The lowest BCUT2D eigenvalue weighted by molar-refractivity contribution is 0.303. The molecule has 0 fully saturated rings. The fourth-order valence-electron chi connectivity index (χ4n) is 2.27. The topological polar surface area (TPSA) is 30.8 Å². The zero-order valence-electron chi connectivity index (χ0n) is 13.6. The molecule has 0 bridgehead atoms. The van der Waals surface area contributed by atoms with E-state index in [2.05, 4.69) is 4.99 Å². The first kappa shape index (κ1) is 15.8. The van der Waals surface area contributed by atoms with E-state index in [-0.39, 0.29) is 0 Å². The molecule has 0 N–H and O–H groups in total. The number of nitrogens with zero attached hydrogens (tertiary/aromatic N) is 1. The van der Waals surface area contributed by atoms with Gasteiger partial charge in [-0.1, -0.05) is 48.5 Å². The van der Waals surface area contributed by atoms with Gasteiger partial charge in [-0.25, -0.2) is 0 Å². The largest absolute Gasteiger partial charge is 0.497 e. The second-order valence-corrected chi connectivity index (χ2v) is 5.27. The van der Waals surface area contributed by atoms with Gasteiger partial charge in [0, 0.05) is 17.8 Å². The van der Waals surface area contributed by atoms with E-state index in [0.717, 1.165) is 28.3 Å². The van der Waals surface area contributed by atoms with Crippen molar-refractivity contribution in [1.82, 2.24) is 0 Å². The van der Waals surface area contributed by atoms with Crippen molar-refractivity contribution in [2.45, 2.75) is 6.61 Å². The van der Waals surface area contributed by atoms with Gasteiger partial charge in [-0.3, -0.25) is 4.99 Å². The number of benzene rings is 3. The lowest BCUT2D eigenvalue weighted by Crippen LogP contribution is -1.99. The average Bonchev–Trinajstić information content (AvgIpc) is 2.66. The molecule has 3 aromatic carbocycles. The van der Waals surface area contributed by atoms with Crippen LogP contribution in [0.3, 0.4) is 0 Å². The molecule has 0 heterocycles. The van der Waals surface area contributed by atoms with Crippen molar-refractivity contribution in [1.29, 1.82) is 0 Å². The van der Waals surface area contributed by atoms with Gasteiger partial charge in [0.1, 0.15) is 18.1 Å². The van der Waals surface area contributed by atoms with Gasteiger partial charge in [0.2, 0.25) is 0 Å². The fraction of sp³-hybridized carbons (Fsp3) is 0.0952. The fourth-order valence-corrected chi connectivity index (χ4v) is 2.27. The first-order valence-electron chi connectivity index (χ1n) is 7.79. The molecule has 0 unspecified atom stereocenters. The minimum Gasteiger partial charge on any atom is -0.497 e. The van der Waals surface area contributed by atoms with Crippen molar-refractivity contribution >= 4 is 11.9 Å². The maximum absolute atomic E-state index is 5.98. The smallest absolute Gasteiger partial charge is 0.132 e. The van der Waals surface area contributed by atoms with E-state index in [1.54, 1.807) is 7.11 Å². The van der Waals surface area contributed by atoms with Crippen LogP contribution in [0.2, 0.25) is 0 Å². The molecule has 0 aromatic heterocycles. The van der Waals surface area contributed by atoms with E-state index in [1.807, 2.05) is 85.1 Å². The summed E-state index contributed by atoms with van der Waals surface area (Å²) in [5.41, 5.74) is 2.93. The molecule has 0 atom stereocenters. The molecule has 0 saturated carbocycles. The van der Waals surface area contributed by atoms with Gasteiger partial charge in [-0.2, -0.15) is 0 Å². The summed E-state index contributed by atoms with van der Waals surface area (Å²) in [7, 11) is 1.65. The molecule has 0 saturated heterocycles. The van der Waals surface area contributed by atoms with Crippen LogP contribution in [0.4, 0.5) is 5.69 Å². The van der Waals surface area contributed by atoms with Gasteiger partial charge in [0.05, 0.1) is 12.8 Å². The van der Waals surface area contributed by atoms with Gasteiger partial charge in [-0.15, -0.1) is 0 Å². The quantitative estimate of drug-likeness (QED) is 0.597. The van der Waals surface area contributed by atoms with Gasteiger partial charge in [-0.05, 0) is 29.8 Å². The molecule has 3 nitrogen and oxygen atoms in total. The van der Waals surface area contributed by atoms with E-state index >= 15 is 0 Å². The molecule has 3 heteroatoms. The Balaban J connectivity index is 1.81. The Morgan fingerprint density at radius 2 is 1.58 bits per heavy atom. The minimum absolute atomic E-state index is 0.500. The molecule has 3 aromatic rings. The van der Waals surface area contributed by atoms with Crippen molar-refractivity contribution in [2.75, 3.05) is 7.11 Å². The van der Waals surface area contributed by atoms with Crippen molar-refractivity contribution < 1.29 is 9.47 Å². The monoisotopic (exact) mass is 317 g/mol. The summed E-state index contributed by atoms with van der Waals surface area (Å²) >= 11 is 0. The first-order chi connectivity index (χ1) is 11.8. The molecule has 120 valence electrons. The van der Waals surface area contributed by atoms with Crippen molar-refractivity contribution in [3.8, 4) is 11.5 Å². The van der Waals surface area contributed by atoms with Gasteiger partial charge in [0.15, 0.2) is 0 Å². The van der Waals surface area contributed by atoms with Crippen LogP contribution in [-0.2, 0) is 6.61 Å². The highest BCUT2D eigenvalue weighted by molar-refractivity contribution is 5.85. The molecule has 0 radical (unpaired) electrons. The van der Waals surface area contributed by atoms with E-state index < -0.39 is 0 Å². The van der Waals surface area contributed by atoms with Crippen molar-refractivity contribution in [3.05, 3.63) is 90.0 Å². The summed E-state index contributed by atoms with van der Waals surface area (Å²) in [6.45, 7) is 0.500. The number of rotatable bonds is 6. The Labute approximate surface area is 142 Å². The van der Waals surface area contributed by atoms with E-state index in [0.29, 0.717) is 6.61 Å². The predicted octanol–water partition coefficient (Wildman–Crippen LogP) is 5.02. The zero-order valence-corrected chi connectivity index (χ0v) is 13.6. The molecular weight excluding hydrogens is 298 g/mol. The van der Waals surface area contributed by atoms with Gasteiger partial charge in [0.25, 0.3) is 0 Å². The van der Waals surface area contributed by atoms with Crippen LogP contribution >= 0.6 is 0 Å². The van der Waals surface area contributed by atoms with Gasteiger partial charge >= 0.3 is 0 Å². The number of hydrogen-bond acceptors (Lipinski definition) is 3. The maximum atomic E-state index is 5.98. The first-order valence-corrected chi connectivity index (χ1v) is 7.79. The van der Waals surface area contributed by atoms with E-state index in [1.165, 1.54) is 0 Å². The van der Waals surface area contributed by atoms with E-state index in [4.69, 9.17) is 9.47 Å². The molecule has 0 aliphatic carbocycles. The Kier molecular flexibility index (Phi) is 5.25. The van der Waals surface area contributed by atoms with Crippen LogP contribution in [0.15, 0.2) is 83.9 Å². The highest BCUT2D eigenvalue weighted by Crippen LogP contribution is 2.25. The lowest BCUT2D eigenvalue weighted by Gasteiger charge is -2.11. The second-order valence-electron chi connectivity index (χ2n) is 5.27. The van der Waals surface area contributed by atoms with Crippen LogP contribution in [0.25, 0.3) is 0 Å². The molecule has 24 heavy (non-hydrogen) atoms.